The van der Waals surface area contributed by atoms with Crippen LogP contribution in [-0.4, -0.2) is 50.7 Å². The quantitative estimate of drug-likeness (QED) is 0.0957. The van der Waals surface area contributed by atoms with E-state index < -0.39 is 35.6 Å². The molecule has 0 saturated heterocycles. The summed E-state index contributed by atoms with van der Waals surface area (Å²) in [6.45, 7) is 3.28. The summed E-state index contributed by atoms with van der Waals surface area (Å²) in [7, 11) is 0. The highest BCUT2D eigenvalue weighted by Crippen LogP contribution is 2.18. The second kappa shape index (κ2) is 16.9. The Balaban J connectivity index is 4.05. The van der Waals surface area contributed by atoms with Crippen LogP contribution in [0, 0.1) is 0 Å². The molecular formula is C22H41NO7. The van der Waals surface area contributed by atoms with Crippen molar-refractivity contribution in [2.24, 2.45) is 5.73 Å². The van der Waals surface area contributed by atoms with Crippen molar-refractivity contribution in [1.82, 2.24) is 0 Å². The van der Waals surface area contributed by atoms with Crippen LogP contribution in [0.5, 0.6) is 0 Å². The van der Waals surface area contributed by atoms with Crippen LogP contribution in [0.15, 0.2) is 11.5 Å². The Morgan fingerprint density at radius 2 is 1.30 bits per heavy atom. The van der Waals surface area contributed by atoms with Crippen molar-refractivity contribution in [3.63, 3.8) is 0 Å². The Morgan fingerprint density at radius 1 is 0.833 bits per heavy atom. The largest absolute Gasteiger partial charge is 0.506 e. The molecule has 8 heteroatoms. The summed E-state index contributed by atoms with van der Waals surface area (Å²) in [5.41, 5.74) is 4.41. The van der Waals surface area contributed by atoms with Gasteiger partial charge in [0.1, 0.15) is 0 Å². The van der Waals surface area contributed by atoms with Gasteiger partial charge >= 0.3 is 11.9 Å². The van der Waals surface area contributed by atoms with Crippen LogP contribution < -0.4 is 5.73 Å². The number of ether oxygens (including phenoxy) is 1. The molecule has 0 aliphatic heterocycles. The summed E-state index contributed by atoms with van der Waals surface area (Å²) in [6.07, 6.45) is 9.28. The number of aliphatic hydroxyl groups is 3. The van der Waals surface area contributed by atoms with Gasteiger partial charge < -0.3 is 30.9 Å². The number of esters is 1. The number of carboxylic acids is 1. The zero-order valence-electron chi connectivity index (χ0n) is 18.5. The number of carbonyl (C=O) groups is 2. The third-order valence-electron chi connectivity index (χ3n) is 5.10. The van der Waals surface area contributed by atoms with E-state index in [1.807, 2.05) is 0 Å². The molecule has 0 fully saturated rings. The lowest BCUT2D eigenvalue weighted by Gasteiger charge is -2.22. The SMILES string of the molecule is CCCCCCC(O)CCCCCCCCC(O)C(OC(C)=O)/C(O)=C(\N)C(=O)O. The normalized spacial score (nSPS) is 15.2. The summed E-state index contributed by atoms with van der Waals surface area (Å²) >= 11 is 0. The molecule has 0 saturated carbocycles. The molecule has 0 aromatic rings. The van der Waals surface area contributed by atoms with Gasteiger partial charge in [0.15, 0.2) is 17.6 Å². The molecule has 3 atom stereocenters. The molecule has 8 nitrogen and oxygen atoms in total. The lowest BCUT2D eigenvalue weighted by molar-refractivity contribution is -0.152. The second-order valence-electron chi connectivity index (χ2n) is 7.90. The number of carbonyl (C=O) groups excluding carboxylic acids is 1. The van der Waals surface area contributed by atoms with E-state index in [-0.39, 0.29) is 12.5 Å². The monoisotopic (exact) mass is 431 g/mol. The van der Waals surface area contributed by atoms with E-state index in [1.54, 1.807) is 0 Å². The maximum absolute atomic E-state index is 11.2. The summed E-state index contributed by atoms with van der Waals surface area (Å²) in [5.74, 6) is -3.15. The van der Waals surface area contributed by atoms with Gasteiger partial charge in [0.2, 0.25) is 0 Å². The molecule has 0 amide bonds. The molecule has 3 unspecified atom stereocenters. The molecule has 30 heavy (non-hydrogen) atoms. The Hall–Kier alpha value is -1.80. The van der Waals surface area contributed by atoms with Crippen molar-refractivity contribution in [3.05, 3.63) is 11.5 Å². The van der Waals surface area contributed by atoms with Gasteiger partial charge in [0, 0.05) is 6.92 Å². The predicted octanol–water partition coefficient (Wildman–Crippen LogP) is 3.54. The van der Waals surface area contributed by atoms with Gasteiger partial charge in [-0.3, -0.25) is 4.79 Å². The first-order valence-electron chi connectivity index (χ1n) is 11.2. The van der Waals surface area contributed by atoms with Crippen molar-refractivity contribution in [1.29, 1.82) is 0 Å². The second-order valence-corrected chi connectivity index (χ2v) is 7.90. The van der Waals surface area contributed by atoms with E-state index in [9.17, 15) is 24.9 Å². The number of aliphatic hydroxyl groups excluding tert-OH is 3. The number of hydrogen-bond acceptors (Lipinski definition) is 7. The zero-order chi connectivity index (χ0) is 22.9. The number of aliphatic carboxylic acids is 1. The van der Waals surface area contributed by atoms with E-state index in [1.165, 1.54) is 19.3 Å². The zero-order valence-corrected chi connectivity index (χ0v) is 18.5. The molecule has 0 aliphatic rings. The Labute approximate surface area is 180 Å². The number of hydrogen-bond donors (Lipinski definition) is 5. The smallest absolute Gasteiger partial charge is 0.355 e. The minimum absolute atomic E-state index is 0.200. The van der Waals surface area contributed by atoms with E-state index in [4.69, 9.17) is 15.6 Å². The number of nitrogens with two attached hydrogens (primary N) is 1. The van der Waals surface area contributed by atoms with Crippen molar-refractivity contribution >= 4 is 11.9 Å². The average Bonchev–Trinajstić information content (AvgIpc) is 2.69. The van der Waals surface area contributed by atoms with Gasteiger partial charge in [0.25, 0.3) is 0 Å². The molecule has 0 aliphatic carbocycles. The minimum Gasteiger partial charge on any atom is -0.506 e. The first kappa shape index (κ1) is 28.2. The molecule has 176 valence electrons. The maximum Gasteiger partial charge on any atom is 0.355 e. The van der Waals surface area contributed by atoms with E-state index >= 15 is 0 Å². The Bertz CT molecular complexity index is 522. The Kier molecular flexibility index (Phi) is 15.9. The standard InChI is InChI=1S/C22H41NO7/c1-3-4-5-10-13-17(25)14-11-8-6-7-9-12-15-18(26)21(30-16(2)24)20(27)19(23)22(28)29/h17-18,21,25-27H,3-15,23H2,1-2H3,(H,28,29)/b20-19+. The fourth-order valence-corrected chi connectivity index (χ4v) is 3.30. The minimum atomic E-state index is -1.55. The lowest BCUT2D eigenvalue weighted by Crippen LogP contribution is -2.35. The third kappa shape index (κ3) is 13.4. The van der Waals surface area contributed by atoms with Crippen molar-refractivity contribution in [3.8, 4) is 0 Å². The highest BCUT2D eigenvalue weighted by atomic mass is 16.6. The number of rotatable bonds is 18. The van der Waals surface area contributed by atoms with Crippen LogP contribution in [0.1, 0.15) is 97.3 Å². The highest BCUT2D eigenvalue weighted by Gasteiger charge is 2.29. The third-order valence-corrected chi connectivity index (χ3v) is 5.10. The van der Waals surface area contributed by atoms with Gasteiger partial charge in [-0.05, 0) is 19.3 Å². The summed E-state index contributed by atoms with van der Waals surface area (Å²) in [6, 6.07) is 0. The van der Waals surface area contributed by atoms with Crippen LogP contribution >= 0.6 is 0 Å². The van der Waals surface area contributed by atoms with Crippen LogP contribution in [0.25, 0.3) is 0 Å². The lowest BCUT2D eigenvalue weighted by atomic mass is 10.0. The molecule has 0 aromatic carbocycles. The van der Waals surface area contributed by atoms with Crippen molar-refractivity contribution in [2.75, 3.05) is 0 Å². The summed E-state index contributed by atoms with van der Waals surface area (Å²) in [5, 5.41) is 38.9. The van der Waals surface area contributed by atoms with Gasteiger partial charge in [-0.25, -0.2) is 4.79 Å². The molecule has 0 bridgehead atoms. The fourth-order valence-electron chi connectivity index (χ4n) is 3.30. The highest BCUT2D eigenvalue weighted by molar-refractivity contribution is 5.86. The van der Waals surface area contributed by atoms with Gasteiger partial charge in [-0.2, -0.15) is 0 Å². The number of carboxylic acid groups (broad SMARTS) is 1. The average molecular weight is 432 g/mol. The van der Waals surface area contributed by atoms with Gasteiger partial charge in [-0.1, -0.05) is 71.1 Å². The predicted molar refractivity (Wildman–Crippen MR) is 115 cm³/mol. The van der Waals surface area contributed by atoms with Gasteiger partial charge in [0.05, 0.1) is 12.2 Å². The topological polar surface area (TPSA) is 150 Å². The fraction of sp³-hybridized carbons (Fsp3) is 0.818. The molecule has 0 spiro atoms. The van der Waals surface area contributed by atoms with Crippen LogP contribution in [0.2, 0.25) is 0 Å². The first-order chi connectivity index (χ1) is 14.2. The van der Waals surface area contributed by atoms with E-state index in [2.05, 4.69) is 6.92 Å². The molecule has 0 rings (SSSR count). The molecular weight excluding hydrogens is 390 g/mol. The maximum atomic E-state index is 11.2. The molecule has 0 aromatic heterocycles. The molecule has 0 heterocycles. The van der Waals surface area contributed by atoms with E-state index in [0.717, 1.165) is 58.3 Å². The Morgan fingerprint density at radius 3 is 1.77 bits per heavy atom. The first-order valence-corrected chi connectivity index (χ1v) is 11.2. The van der Waals surface area contributed by atoms with Crippen molar-refractivity contribution in [2.45, 2.75) is 116 Å². The van der Waals surface area contributed by atoms with Crippen molar-refractivity contribution < 1.29 is 34.8 Å². The van der Waals surface area contributed by atoms with Crippen LogP contribution in [0.4, 0.5) is 0 Å². The summed E-state index contributed by atoms with van der Waals surface area (Å²) < 4.78 is 4.86. The number of unbranched alkanes of at least 4 members (excludes halogenated alkanes) is 8. The van der Waals surface area contributed by atoms with Crippen LogP contribution in [-0.2, 0) is 14.3 Å². The molecule has 6 N–H and O–H groups in total. The summed E-state index contributed by atoms with van der Waals surface area (Å²) in [4.78, 5) is 22.1. The van der Waals surface area contributed by atoms with Crippen LogP contribution in [0.3, 0.4) is 0 Å². The molecule has 0 radical (unpaired) electrons. The van der Waals surface area contributed by atoms with E-state index in [0.29, 0.717) is 6.42 Å². The van der Waals surface area contributed by atoms with Gasteiger partial charge in [-0.15, -0.1) is 0 Å².